The number of hydrogen-bond acceptors (Lipinski definition) is 5. The highest BCUT2D eigenvalue weighted by molar-refractivity contribution is 9.10. The van der Waals surface area contributed by atoms with Crippen LogP contribution in [0.15, 0.2) is 34.1 Å². The van der Waals surface area contributed by atoms with E-state index in [4.69, 9.17) is 5.26 Å². The summed E-state index contributed by atoms with van der Waals surface area (Å²) in [5.41, 5.74) is 2.06. The lowest BCUT2D eigenvalue weighted by Gasteiger charge is -2.07. The second-order valence-electron chi connectivity index (χ2n) is 3.71. The summed E-state index contributed by atoms with van der Waals surface area (Å²) in [6.07, 6.45) is 0. The maximum absolute atomic E-state index is 10.6. The highest BCUT2D eigenvalue weighted by atomic mass is 79.9. The molecule has 0 fully saturated rings. The molecule has 5 nitrogen and oxygen atoms in total. The predicted molar refractivity (Wildman–Crippen MR) is 77.2 cm³/mol. The van der Waals surface area contributed by atoms with E-state index in [9.17, 15) is 10.1 Å². The Morgan fingerprint density at radius 2 is 2.26 bits per heavy atom. The van der Waals surface area contributed by atoms with Crippen molar-refractivity contribution in [2.45, 2.75) is 6.54 Å². The maximum Gasteiger partial charge on any atom is 0.324 e. The van der Waals surface area contributed by atoms with Gasteiger partial charge in [-0.05, 0) is 23.8 Å². The van der Waals surface area contributed by atoms with Crippen LogP contribution in [-0.4, -0.2) is 4.92 Å². The normalized spacial score (nSPS) is 9.89. The van der Waals surface area contributed by atoms with E-state index in [-0.39, 0.29) is 5.00 Å². The molecule has 0 atom stereocenters. The molecule has 1 heterocycles. The highest BCUT2D eigenvalue weighted by Gasteiger charge is 2.10. The van der Waals surface area contributed by atoms with Crippen molar-refractivity contribution in [3.63, 3.8) is 0 Å². The smallest absolute Gasteiger partial charge is 0.324 e. The number of nitrogens with zero attached hydrogens (tertiary/aromatic N) is 2. The van der Waals surface area contributed by atoms with Gasteiger partial charge in [0, 0.05) is 22.5 Å². The Labute approximate surface area is 121 Å². The van der Waals surface area contributed by atoms with E-state index >= 15 is 0 Å². The van der Waals surface area contributed by atoms with E-state index in [1.807, 2.05) is 6.07 Å². The number of hydrogen-bond donors (Lipinski definition) is 1. The van der Waals surface area contributed by atoms with Gasteiger partial charge in [-0.1, -0.05) is 27.3 Å². The summed E-state index contributed by atoms with van der Waals surface area (Å²) in [4.78, 5) is 10.2. The molecule has 0 saturated carbocycles. The van der Waals surface area contributed by atoms with Crippen LogP contribution < -0.4 is 5.32 Å². The molecule has 1 aromatic carbocycles. The summed E-state index contributed by atoms with van der Waals surface area (Å²) in [6.45, 7) is 0.445. The molecular formula is C12H8BrN3O2S. The summed E-state index contributed by atoms with van der Waals surface area (Å²) >= 11 is 4.39. The number of nitro groups is 1. The monoisotopic (exact) mass is 337 g/mol. The van der Waals surface area contributed by atoms with Crippen molar-refractivity contribution in [3.8, 4) is 6.07 Å². The predicted octanol–water partition coefficient (Wildman–Crippen LogP) is 3.90. The van der Waals surface area contributed by atoms with Crippen molar-refractivity contribution < 1.29 is 4.92 Å². The van der Waals surface area contributed by atoms with Crippen LogP contribution in [0.25, 0.3) is 0 Å². The molecule has 0 bridgehead atoms. The zero-order valence-corrected chi connectivity index (χ0v) is 12.0. The van der Waals surface area contributed by atoms with Crippen molar-refractivity contribution in [1.29, 1.82) is 5.26 Å². The Morgan fingerprint density at radius 3 is 2.89 bits per heavy atom. The van der Waals surface area contributed by atoms with Gasteiger partial charge in [-0.25, -0.2) is 0 Å². The SMILES string of the molecule is N#Cc1cc(Br)ccc1NCc1csc([N+](=O)[O-])c1. The zero-order chi connectivity index (χ0) is 13.8. The number of halogens is 1. The highest BCUT2D eigenvalue weighted by Crippen LogP contribution is 2.25. The molecule has 0 amide bonds. The Kier molecular flexibility index (Phi) is 4.14. The fraction of sp³-hybridized carbons (Fsp3) is 0.0833. The van der Waals surface area contributed by atoms with Gasteiger partial charge in [-0.2, -0.15) is 5.26 Å². The number of thiophene rings is 1. The lowest BCUT2D eigenvalue weighted by Crippen LogP contribution is -2.00. The van der Waals surface area contributed by atoms with Crippen LogP contribution in [0.4, 0.5) is 10.7 Å². The minimum absolute atomic E-state index is 0.119. The van der Waals surface area contributed by atoms with Gasteiger partial charge in [0.05, 0.1) is 16.2 Å². The van der Waals surface area contributed by atoms with Crippen LogP contribution in [0.5, 0.6) is 0 Å². The quantitative estimate of drug-likeness (QED) is 0.677. The zero-order valence-electron chi connectivity index (χ0n) is 9.59. The van der Waals surface area contributed by atoms with Crippen LogP contribution in [0.3, 0.4) is 0 Å². The second-order valence-corrected chi connectivity index (χ2v) is 5.51. The van der Waals surface area contributed by atoms with Gasteiger partial charge in [0.25, 0.3) is 0 Å². The second kappa shape index (κ2) is 5.82. The number of rotatable bonds is 4. The first-order valence-corrected chi connectivity index (χ1v) is 6.92. The molecule has 1 aromatic heterocycles. The van der Waals surface area contributed by atoms with Crippen LogP contribution in [-0.2, 0) is 6.54 Å². The van der Waals surface area contributed by atoms with Crippen molar-refractivity contribution in [2.75, 3.05) is 5.32 Å². The fourth-order valence-electron chi connectivity index (χ4n) is 1.51. The summed E-state index contributed by atoms with van der Waals surface area (Å²) < 4.78 is 0.834. The maximum atomic E-state index is 10.6. The number of nitriles is 1. The van der Waals surface area contributed by atoms with E-state index in [1.54, 1.807) is 17.5 Å². The van der Waals surface area contributed by atoms with Gasteiger partial charge in [0.1, 0.15) is 6.07 Å². The lowest BCUT2D eigenvalue weighted by molar-refractivity contribution is -0.380. The van der Waals surface area contributed by atoms with Gasteiger partial charge in [0.15, 0.2) is 0 Å². The molecule has 7 heteroatoms. The molecule has 19 heavy (non-hydrogen) atoms. The third kappa shape index (κ3) is 3.30. The Morgan fingerprint density at radius 1 is 1.47 bits per heavy atom. The summed E-state index contributed by atoms with van der Waals surface area (Å²) in [7, 11) is 0. The Bertz CT molecular complexity index is 663. The minimum Gasteiger partial charge on any atom is -0.380 e. The molecular weight excluding hydrogens is 330 g/mol. The lowest BCUT2D eigenvalue weighted by atomic mass is 10.2. The number of anilines is 1. The molecule has 2 aromatic rings. The van der Waals surface area contributed by atoms with Crippen molar-refractivity contribution in [1.82, 2.24) is 0 Å². The largest absolute Gasteiger partial charge is 0.380 e. The molecule has 0 spiro atoms. The Balaban J connectivity index is 2.10. The van der Waals surface area contributed by atoms with E-state index < -0.39 is 4.92 Å². The van der Waals surface area contributed by atoms with Crippen molar-refractivity contribution in [2.24, 2.45) is 0 Å². The molecule has 2 rings (SSSR count). The molecule has 0 aliphatic carbocycles. The standard InChI is InChI=1S/C12H8BrN3O2S/c13-10-1-2-11(9(4-10)5-14)15-6-8-3-12(16(17)18)19-7-8/h1-4,7,15H,6H2. The molecule has 1 N–H and O–H groups in total. The van der Waals surface area contributed by atoms with Crippen molar-refractivity contribution in [3.05, 3.63) is 55.4 Å². The topological polar surface area (TPSA) is 79.0 Å². The van der Waals surface area contributed by atoms with Crippen molar-refractivity contribution >= 4 is 38.0 Å². The van der Waals surface area contributed by atoms with Crippen LogP contribution in [0, 0.1) is 21.4 Å². The summed E-state index contributed by atoms with van der Waals surface area (Å²) in [6, 6.07) is 8.98. The van der Waals surface area contributed by atoms with Crippen LogP contribution in [0.1, 0.15) is 11.1 Å². The molecule has 0 saturated heterocycles. The van der Waals surface area contributed by atoms with Gasteiger partial charge >= 0.3 is 5.00 Å². The first-order chi connectivity index (χ1) is 9.10. The third-order valence-electron chi connectivity index (χ3n) is 2.40. The number of benzene rings is 1. The van der Waals surface area contributed by atoms with E-state index in [0.29, 0.717) is 17.8 Å². The average molecular weight is 338 g/mol. The molecule has 0 radical (unpaired) electrons. The minimum atomic E-state index is -0.408. The molecule has 0 aliphatic heterocycles. The average Bonchev–Trinajstić information content (AvgIpc) is 2.86. The first kappa shape index (κ1) is 13.5. The molecule has 0 unspecified atom stereocenters. The van der Waals surface area contributed by atoms with Crippen LogP contribution in [0.2, 0.25) is 0 Å². The van der Waals surface area contributed by atoms with E-state index in [2.05, 4.69) is 27.3 Å². The van der Waals surface area contributed by atoms with E-state index in [1.165, 1.54) is 6.07 Å². The number of nitrogens with one attached hydrogen (secondary N) is 1. The van der Waals surface area contributed by atoms with Gasteiger partial charge in [0.2, 0.25) is 0 Å². The van der Waals surface area contributed by atoms with Gasteiger partial charge in [-0.15, -0.1) is 0 Å². The summed E-state index contributed by atoms with van der Waals surface area (Å²) in [5.74, 6) is 0. The molecule has 96 valence electrons. The van der Waals surface area contributed by atoms with Gasteiger partial charge < -0.3 is 5.32 Å². The fourth-order valence-corrected chi connectivity index (χ4v) is 2.60. The summed E-state index contributed by atoms with van der Waals surface area (Å²) in [5, 5.41) is 24.5. The third-order valence-corrected chi connectivity index (χ3v) is 3.83. The first-order valence-electron chi connectivity index (χ1n) is 5.25. The molecule has 0 aliphatic rings. The van der Waals surface area contributed by atoms with Crippen LogP contribution >= 0.6 is 27.3 Å². The Hall–Kier alpha value is -1.91. The van der Waals surface area contributed by atoms with E-state index in [0.717, 1.165) is 21.4 Å². The van der Waals surface area contributed by atoms with Gasteiger partial charge in [-0.3, -0.25) is 10.1 Å².